The third kappa shape index (κ3) is 2.93. The molecule has 4 aromatic heterocycles. The van der Waals surface area contributed by atoms with Crippen LogP contribution < -0.4 is 0 Å². The van der Waals surface area contributed by atoms with E-state index in [0.29, 0.717) is 24.4 Å². The summed E-state index contributed by atoms with van der Waals surface area (Å²) in [5.41, 5.74) is 2.43. The first-order valence-corrected chi connectivity index (χ1v) is 10.2. The van der Waals surface area contributed by atoms with E-state index < -0.39 is 24.1 Å². The Balaban J connectivity index is 1.45. The summed E-state index contributed by atoms with van der Waals surface area (Å²) in [6.45, 7) is 0.314. The van der Waals surface area contributed by atoms with E-state index in [2.05, 4.69) is 20.1 Å². The molecule has 0 radical (unpaired) electrons. The number of aromatic nitrogens is 5. The first kappa shape index (κ1) is 18.2. The highest BCUT2D eigenvalue weighted by Gasteiger charge is 2.41. The van der Waals surface area contributed by atoms with Gasteiger partial charge in [-0.25, -0.2) is 23.3 Å². The van der Waals surface area contributed by atoms with Crippen molar-refractivity contribution in [3.63, 3.8) is 0 Å². The zero-order chi connectivity index (χ0) is 21.1. The second-order valence-corrected chi connectivity index (χ2v) is 7.90. The number of aromatic amines is 1. The average Bonchev–Trinajstić information content (AvgIpc) is 3.18. The number of nitrogens with zero attached hydrogens (tertiary/aromatic N) is 5. The fourth-order valence-corrected chi connectivity index (χ4v) is 4.17. The highest BCUT2D eigenvalue weighted by atomic mass is 19.3. The molecule has 2 aliphatic rings. The molecule has 0 bridgehead atoms. The van der Waals surface area contributed by atoms with Gasteiger partial charge in [-0.3, -0.25) is 4.79 Å². The van der Waals surface area contributed by atoms with Gasteiger partial charge in [0.25, 0.3) is 12.3 Å². The number of H-pyrrole nitrogens is 1. The molecular formula is C21H18F2N6O2. The minimum Gasteiger partial charge on any atom is -0.435 e. The monoisotopic (exact) mass is 424 g/mol. The molecule has 1 amide bonds. The summed E-state index contributed by atoms with van der Waals surface area (Å²) >= 11 is 0. The lowest BCUT2D eigenvalue weighted by molar-refractivity contribution is 0.0637. The number of amides is 1. The molecule has 31 heavy (non-hydrogen) atoms. The number of nitrogens with one attached hydrogen (secondary N) is 1. The van der Waals surface area contributed by atoms with Crippen LogP contribution in [0, 0.1) is 0 Å². The summed E-state index contributed by atoms with van der Waals surface area (Å²) in [4.78, 5) is 26.5. The van der Waals surface area contributed by atoms with Crippen LogP contribution in [-0.4, -0.2) is 41.9 Å². The quantitative estimate of drug-likeness (QED) is 0.540. The predicted molar refractivity (Wildman–Crippen MR) is 104 cm³/mol. The summed E-state index contributed by atoms with van der Waals surface area (Å²) in [7, 11) is 0. The number of carbonyl (C=O) groups is 1. The number of carbonyl (C=O) groups excluding carboxylic acids is 1. The van der Waals surface area contributed by atoms with Crippen molar-refractivity contribution in [2.45, 2.75) is 37.6 Å². The molecule has 4 aromatic rings. The SMILES string of the molecule is O=C(c1oc(C2CC2)nc1C(F)F)N1CCc2[nH]cnc2C1c1cc2ccccn2n1. The van der Waals surface area contributed by atoms with Crippen molar-refractivity contribution in [2.75, 3.05) is 6.54 Å². The summed E-state index contributed by atoms with van der Waals surface area (Å²) < 4.78 is 34.7. The Morgan fingerprint density at radius 1 is 1.29 bits per heavy atom. The molecule has 1 atom stereocenters. The number of rotatable bonds is 4. The van der Waals surface area contributed by atoms with Gasteiger partial charge in [0.1, 0.15) is 6.04 Å². The van der Waals surface area contributed by atoms with E-state index in [1.807, 2.05) is 30.5 Å². The maximum atomic E-state index is 13.7. The molecule has 1 fully saturated rings. The van der Waals surface area contributed by atoms with Gasteiger partial charge in [-0.05, 0) is 31.0 Å². The fourth-order valence-electron chi connectivity index (χ4n) is 4.17. The van der Waals surface area contributed by atoms with Crippen LogP contribution in [0.3, 0.4) is 0 Å². The molecule has 1 N–H and O–H groups in total. The van der Waals surface area contributed by atoms with Gasteiger partial charge < -0.3 is 14.3 Å². The van der Waals surface area contributed by atoms with E-state index >= 15 is 0 Å². The highest BCUT2D eigenvalue weighted by molar-refractivity contribution is 5.93. The zero-order valence-electron chi connectivity index (χ0n) is 16.3. The lowest BCUT2D eigenvalue weighted by atomic mass is 9.99. The van der Waals surface area contributed by atoms with Crippen molar-refractivity contribution in [2.24, 2.45) is 0 Å². The minimum absolute atomic E-state index is 0.0209. The number of oxazole rings is 1. The van der Waals surface area contributed by atoms with Gasteiger partial charge in [0.15, 0.2) is 11.6 Å². The van der Waals surface area contributed by atoms with Crippen molar-refractivity contribution >= 4 is 11.4 Å². The lowest BCUT2D eigenvalue weighted by Gasteiger charge is -2.33. The normalized spacial score (nSPS) is 18.7. The van der Waals surface area contributed by atoms with Gasteiger partial charge in [-0.1, -0.05) is 6.07 Å². The van der Waals surface area contributed by atoms with Crippen LogP contribution in [0.2, 0.25) is 0 Å². The Kier molecular flexibility index (Phi) is 3.95. The molecule has 1 aliphatic carbocycles. The van der Waals surface area contributed by atoms with Gasteiger partial charge in [-0.2, -0.15) is 5.10 Å². The zero-order valence-corrected chi connectivity index (χ0v) is 16.3. The summed E-state index contributed by atoms with van der Waals surface area (Å²) in [6, 6.07) is 6.91. The van der Waals surface area contributed by atoms with E-state index in [-0.39, 0.29) is 17.6 Å². The third-order valence-corrected chi connectivity index (χ3v) is 5.85. The molecule has 1 aliphatic heterocycles. The largest absolute Gasteiger partial charge is 0.435 e. The highest BCUT2D eigenvalue weighted by Crippen LogP contribution is 2.42. The molecule has 158 valence electrons. The van der Waals surface area contributed by atoms with Crippen LogP contribution in [-0.2, 0) is 6.42 Å². The Labute approximate surface area is 174 Å². The van der Waals surface area contributed by atoms with Crippen molar-refractivity contribution in [3.05, 3.63) is 71.2 Å². The van der Waals surface area contributed by atoms with Crippen molar-refractivity contribution < 1.29 is 18.0 Å². The first-order chi connectivity index (χ1) is 15.1. The smallest absolute Gasteiger partial charge is 0.292 e. The van der Waals surface area contributed by atoms with Gasteiger partial charge in [0.2, 0.25) is 5.76 Å². The Hall–Kier alpha value is -3.56. The molecule has 1 unspecified atom stereocenters. The third-order valence-electron chi connectivity index (χ3n) is 5.85. The van der Waals surface area contributed by atoms with Crippen molar-refractivity contribution in [1.82, 2.24) is 29.5 Å². The van der Waals surface area contributed by atoms with Gasteiger partial charge >= 0.3 is 0 Å². The summed E-state index contributed by atoms with van der Waals surface area (Å²) in [6.07, 6.45) is 2.69. The number of halogens is 2. The number of fused-ring (bicyclic) bond motifs is 2. The molecule has 0 saturated heterocycles. The Morgan fingerprint density at radius 2 is 2.16 bits per heavy atom. The molecule has 10 heteroatoms. The van der Waals surface area contributed by atoms with Crippen molar-refractivity contribution in [1.29, 1.82) is 0 Å². The molecular weight excluding hydrogens is 406 g/mol. The summed E-state index contributed by atoms with van der Waals surface area (Å²) in [5, 5.41) is 4.62. The Morgan fingerprint density at radius 3 is 2.94 bits per heavy atom. The van der Waals surface area contributed by atoms with Gasteiger partial charge in [0.05, 0.1) is 23.2 Å². The first-order valence-electron chi connectivity index (χ1n) is 10.2. The predicted octanol–water partition coefficient (Wildman–Crippen LogP) is 3.65. The molecule has 0 aromatic carbocycles. The Bertz CT molecular complexity index is 1260. The van der Waals surface area contributed by atoms with Crippen LogP contribution in [0.15, 0.2) is 41.2 Å². The van der Waals surface area contributed by atoms with E-state index in [1.165, 1.54) is 4.90 Å². The molecule has 8 nitrogen and oxygen atoms in total. The minimum atomic E-state index is -2.89. The molecule has 5 heterocycles. The summed E-state index contributed by atoms with van der Waals surface area (Å²) in [5.74, 6) is -0.761. The van der Waals surface area contributed by atoms with E-state index in [1.54, 1.807) is 10.8 Å². The number of hydrogen-bond donors (Lipinski definition) is 1. The van der Waals surface area contributed by atoms with E-state index in [0.717, 1.165) is 24.1 Å². The van der Waals surface area contributed by atoms with Gasteiger partial charge in [-0.15, -0.1) is 0 Å². The maximum absolute atomic E-state index is 13.7. The van der Waals surface area contributed by atoms with Crippen LogP contribution in [0.4, 0.5) is 8.78 Å². The van der Waals surface area contributed by atoms with Crippen LogP contribution in [0.5, 0.6) is 0 Å². The van der Waals surface area contributed by atoms with Gasteiger partial charge in [0, 0.05) is 30.8 Å². The van der Waals surface area contributed by atoms with Crippen LogP contribution in [0.1, 0.15) is 70.4 Å². The number of imidazole rings is 1. The number of hydrogen-bond acceptors (Lipinski definition) is 5. The number of pyridine rings is 1. The maximum Gasteiger partial charge on any atom is 0.292 e. The molecule has 0 spiro atoms. The topological polar surface area (TPSA) is 92.3 Å². The van der Waals surface area contributed by atoms with Crippen LogP contribution in [0.25, 0.3) is 5.52 Å². The standard InChI is InChI=1S/C21H18F2N6O2/c22-19(23)16-18(31-20(26-16)11-4-5-11)21(30)28-8-6-13-15(25-10-24-13)17(28)14-9-12-3-1-2-7-29(12)27-14/h1-3,7,9-11,17,19H,4-6,8H2,(H,24,25). The van der Waals surface area contributed by atoms with E-state index in [9.17, 15) is 13.6 Å². The molecule has 6 rings (SSSR count). The second-order valence-electron chi connectivity index (χ2n) is 7.90. The number of alkyl halides is 2. The molecule has 1 saturated carbocycles. The van der Waals surface area contributed by atoms with E-state index in [4.69, 9.17) is 4.42 Å². The van der Waals surface area contributed by atoms with Crippen molar-refractivity contribution in [3.8, 4) is 0 Å². The lowest BCUT2D eigenvalue weighted by Crippen LogP contribution is -2.41. The fraction of sp³-hybridized carbons (Fsp3) is 0.333. The second kappa shape index (κ2) is 6.73. The van der Waals surface area contributed by atoms with Crippen LogP contribution >= 0.6 is 0 Å². The average molecular weight is 424 g/mol.